The van der Waals surface area contributed by atoms with E-state index in [-0.39, 0.29) is 49.4 Å². The number of halogens is 4. The SMILES string of the molecule is C.C.Cc1c2c(cc3c1c(C1=CC4(C1)CC(C(=O)O)C4)c(C1CCOCC1)n3-c1ccc(F)c(F)c1)C=NC2.Cc1c2c(cc3c1c(C1CC4(CC(C(=O)O)C4)C1)c(C1CCOCC1)n3-c1ccc(F)c(F)c1)C=NC2. The molecule has 3 saturated carbocycles. The van der Waals surface area contributed by atoms with Crippen molar-refractivity contribution < 1.29 is 46.8 Å². The van der Waals surface area contributed by atoms with Gasteiger partial charge in [-0.2, -0.15) is 0 Å². The molecule has 0 bridgehead atoms. The number of carboxylic acid groups (broad SMARTS) is 2. The number of fused-ring (bicyclic) bond motifs is 4. The molecule has 5 fully saturated rings. The summed E-state index contributed by atoms with van der Waals surface area (Å²) in [7, 11) is 0. The van der Waals surface area contributed by atoms with Crippen molar-refractivity contribution in [2.24, 2.45) is 32.7 Å². The number of benzene rings is 4. The van der Waals surface area contributed by atoms with Crippen LogP contribution in [0.25, 0.3) is 38.8 Å². The van der Waals surface area contributed by atoms with Crippen molar-refractivity contribution in [3.05, 3.63) is 134 Å². The van der Waals surface area contributed by atoms with Crippen molar-refractivity contribution in [3.63, 3.8) is 0 Å². The van der Waals surface area contributed by atoms with Crippen molar-refractivity contribution in [3.8, 4) is 11.4 Å². The van der Waals surface area contributed by atoms with Crippen molar-refractivity contribution in [1.29, 1.82) is 0 Å². The molecule has 14 heteroatoms. The van der Waals surface area contributed by atoms with Crippen LogP contribution >= 0.6 is 0 Å². The summed E-state index contributed by atoms with van der Waals surface area (Å²) in [5, 5.41) is 21.2. The molecule has 4 aliphatic carbocycles. The van der Waals surface area contributed by atoms with Gasteiger partial charge in [-0.05, 0) is 182 Å². The highest BCUT2D eigenvalue weighted by atomic mass is 19.2. The third-order valence-electron chi connectivity index (χ3n) is 18.4. The van der Waals surface area contributed by atoms with E-state index in [2.05, 4.69) is 51.2 Å². The molecule has 2 spiro atoms. The van der Waals surface area contributed by atoms with Crippen LogP contribution in [0.3, 0.4) is 0 Å². The van der Waals surface area contributed by atoms with E-state index in [0.717, 1.165) is 91.0 Å². The van der Waals surface area contributed by atoms with Crippen LogP contribution in [-0.2, 0) is 32.2 Å². The van der Waals surface area contributed by atoms with Crippen LogP contribution < -0.4 is 0 Å². The molecule has 0 amide bonds. The Balaban J connectivity index is 0.000000158. The highest BCUT2D eigenvalue weighted by Gasteiger charge is 2.56. The molecule has 2 aromatic heterocycles. The predicted octanol–water partition coefficient (Wildman–Crippen LogP) is 14.0. The maximum Gasteiger partial charge on any atom is 0.306 e. The van der Waals surface area contributed by atoms with Gasteiger partial charge in [-0.3, -0.25) is 19.6 Å². The first kappa shape index (κ1) is 51.7. The molecule has 8 aliphatic rings. The fourth-order valence-corrected chi connectivity index (χ4v) is 14.8. The normalized spacial score (nSPS) is 25.1. The summed E-state index contributed by atoms with van der Waals surface area (Å²) in [6.45, 7) is 8.30. The number of carboxylic acids is 2. The van der Waals surface area contributed by atoms with Crippen LogP contribution in [0, 0.1) is 59.8 Å². The van der Waals surface area contributed by atoms with E-state index in [1.54, 1.807) is 12.1 Å². The van der Waals surface area contributed by atoms with E-state index in [0.29, 0.717) is 69.7 Å². The lowest BCUT2D eigenvalue weighted by molar-refractivity contribution is -0.155. The molecule has 76 heavy (non-hydrogen) atoms. The first-order valence-electron chi connectivity index (χ1n) is 26.4. The number of nitrogens with zero attached hydrogens (tertiary/aromatic N) is 4. The number of ether oxygens (including phenoxy) is 2. The van der Waals surface area contributed by atoms with E-state index < -0.39 is 35.2 Å². The third-order valence-corrected chi connectivity index (χ3v) is 18.4. The Kier molecular flexibility index (Phi) is 13.1. The summed E-state index contributed by atoms with van der Waals surface area (Å²) in [5.74, 6) is -4.54. The average molecular weight is 1040 g/mol. The smallest absolute Gasteiger partial charge is 0.306 e. The molecule has 6 aromatic rings. The van der Waals surface area contributed by atoms with Crippen LogP contribution in [0.2, 0.25) is 0 Å². The number of aryl methyl sites for hydroxylation is 2. The van der Waals surface area contributed by atoms with Gasteiger partial charge in [0.15, 0.2) is 23.3 Å². The highest BCUT2D eigenvalue weighted by Crippen LogP contribution is 2.66. The molecule has 398 valence electrons. The number of aliphatic carboxylic acids is 2. The Morgan fingerprint density at radius 3 is 1.57 bits per heavy atom. The number of hydrogen-bond donors (Lipinski definition) is 2. The van der Waals surface area contributed by atoms with Crippen LogP contribution in [0.15, 0.2) is 64.6 Å². The lowest BCUT2D eigenvalue weighted by Crippen LogP contribution is -2.49. The number of carbonyl (C=O) groups is 2. The zero-order valence-corrected chi connectivity index (χ0v) is 41.6. The van der Waals surface area contributed by atoms with Gasteiger partial charge in [0, 0.05) is 102 Å². The van der Waals surface area contributed by atoms with Gasteiger partial charge in [-0.25, -0.2) is 17.6 Å². The maximum atomic E-state index is 14.6. The zero-order chi connectivity index (χ0) is 50.9. The lowest BCUT2D eigenvalue weighted by atomic mass is 9.47. The van der Waals surface area contributed by atoms with Crippen LogP contribution in [0.1, 0.15) is 159 Å². The van der Waals surface area contributed by atoms with E-state index in [1.807, 2.05) is 12.4 Å². The Bertz CT molecular complexity index is 3460. The molecule has 0 atom stereocenters. The second-order valence-electron chi connectivity index (χ2n) is 22.8. The minimum absolute atomic E-state index is 0. The van der Waals surface area contributed by atoms with Crippen molar-refractivity contribution in [1.82, 2.24) is 9.13 Å². The number of aromatic nitrogens is 2. The Morgan fingerprint density at radius 2 is 1.07 bits per heavy atom. The molecule has 14 rings (SSSR count). The van der Waals surface area contributed by atoms with Crippen LogP contribution in [0.4, 0.5) is 17.6 Å². The minimum Gasteiger partial charge on any atom is -0.481 e. The summed E-state index contributed by atoms with van der Waals surface area (Å²) < 4.78 is 72.8. The van der Waals surface area contributed by atoms with Gasteiger partial charge in [0.05, 0.1) is 36.0 Å². The number of allylic oxidation sites excluding steroid dienone is 2. The van der Waals surface area contributed by atoms with Crippen molar-refractivity contribution in [2.45, 2.75) is 130 Å². The molecule has 10 nitrogen and oxygen atoms in total. The fraction of sp³-hybridized carbons (Fsp3) is 0.452. The van der Waals surface area contributed by atoms with Gasteiger partial charge < -0.3 is 28.8 Å². The van der Waals surface area contributed by atoms with Crippen LogP contribution in [-0.4, -0.2) is 70.1 Å². The number of rotatable bonds is 8. The lowest BCUT2D eigenvalue weighted by Gasteiger charge is -2.57. The molecular weight excluding hydrogens is 973 g/mol. The predicted molar refractivity (Wildman–Crippen MR) is 288 cm³/mol. The van der Waals surface area contributed by atoms with Gasteiger partial charge in [0.2, 0.25) is 0 Å². The fourth-order valence-electron chi connectivity index (χ4n) is 14.8. The second-order valence-corrected chi connectivity index (χ2v) is 22.8. The van der Waals surface area contributed by atoms with Gasteiger partial charge in [0.25, 0.3) is 0 Å². The van der Waals surface area contributed by atoms with Gasteiger partial charge in [-0.15, -0.1) is 0 Å². The van der Waals surface area contributed by atoms with E-state index in [9.17, 15) is 37.4 Å². The Morgan fingerprint density at radius 1 is 0.605 bits per heavy atom. The molecule has 0 unspecified atom stereocenters. The topological polar surface area (TPSA) is 128 Å². The molecule has 4 aliphatic heterocycles. The molecular formula is C62H66F4N4O6. The first-order valence-corrected chi connectivity index (χ1v) is 26.4. The molecule has 4 aromatic carbocycles. The highest BCUT2D eigenvalue weighted by molar-refractivity contribution is 6.04. The first-order chi connectivity index (χ1) is 35.7. The van der Waals surface area contributed by atoms with Gasteiger partial charge in [-0.1, -0.05) is 20.9 Å². The van der Waals surface area contributed by atoms with Crippen molar-refractivity contribution in [2.75, 3.05) is 26.4 Å². The second kappa shape index (κ2) is 19.3. The number of aliphatic imine (C=N–C) groups is 2. The summed E-state index contributed by atoms with van der Waals surface area (Å²) in [4.78, 5) is 32.0. The molecule has 2 N–H and O–H groups in total. The zero-order valence-electron chi connectivity index (χ0n) is 41.6. The third kappa shape index (κ3) is 8.17. The Hall–Kier alpha value is -6.38. The summed E-state index contributed by atoms with van der Waals surface area (Å²) in [6.07, 6.45) is 15.3. The van der Waals surface area contributed by atoms with E-state index in [1.165, 1.54) is 74.3 Å². The monoisotopic (exact) mass is 1040 g/mol. The molecule has 6 heterocycles. The van der Waals surface area contributed by atoms with Gasteiger partial charge >= 0.3 is 11.9 Å². The van der Waals surface area contributed by atoms with Gasteiger partial charge in [0.1, 0.15) is 0 Å². The summed E-state index contributed by atoms with van der Waals surface area (Å²) in [6, 6.07) is 12.6. The van der Waals surface area contributed by atoms with E-state index in [4.69, 9.17) is 9.47 Å². The standard InChI is InChI=1S/C30H30F2N2O3.C30H28F2N2O3.2CH4/c2*1-16-22-15-33-14-18(22)8-25-26(16)27(19-10-30(11-19)12-20(13-30)29(35)36)28(17-4-6-37-7-5-17)34(25)21-2-3-23(31)24(32)9-21;;/h2-3,8-9,14,17,19-20H,4-7,10-13,15H2,1H3,(H,35,36);2-3,8-10,14,17,20H,4-7,11-13,15H2,1H3,(H,35,36);2*1H4. The largest absolute Gasteiger partial charge is 0.481 e. The average Bonchev–Trinajstić information content (AvgIpc) is 4.25. The quantitative estimate of drug-likeness (QED) is 0.146. The number of hydrogen-bond acceptors (Lipinski definition) is 6. The van der Waals surface area contributed by atoms with Crippen molar-refractivity contribution >= 4 is 51.7 Å². The molecule has 0 radical (unpaired) electrons. The summed E-state index contributed by atoms with van der Waals surface area (Å²) in [5.41, 5.74) is 16.4. The van der Waals surface area contributed by atoms with Crippen LogP contribution in [0.5, 0.6) is 0 Å². The summed E-state index contributed by atoms with van der Waals surface area (Å²) >= 11 is 0. The molecule has 2 saturated heterocycles. The maximum absolute atomic E-state index is 14.6. The Labute approximate surface area is 440 Å². The van der Waals surface area contributed by atoms with E-state index >= 15 is 0 Å². The minimum atomic E-state index is -0.866.